The van der Waals surface area contributed by atoms with Crippen molar-refractivity contribution in [2.75, 3.05) is 13.1 Å². The molecule has 1 saturated carbocycles. The zero-order chi connectivity index (χ0) is 14.0. The average molecular weight is 301 g/mol. The lowest BCUT2D eigenvalue weighted by Gasteiger charge is -2.35. The van der Waals surface area contributed by atoms with Gasteiger partial charge in [0.15, 0.2) is 0 Å². The molecular formula is C15H22Cl2N2. The van der Waals surface area contributed by atoms with E-state index in [1.807, 2.05) is 18.2 Å². The molecule has 106 valence electrons. The maximum Gasteiger partial charge on any atom is 0.0640 e. The lowest BCUT2D eigenvalue weighted by Crippen LogP contribution is -2.40. The summed E-state index contributed by atoms with van der Waals surface area (Å²) in [5, 5.41) is 1.24. The topological polar surface area (TPSA) is 29.3 Å². The Morgan fingerprint density at radius 3 is 2.53 bits per heavy atom. The van der Waals surface area contributed by atoms with Gasteiger partial charge in [-0.1, -0.05) is 35.3 Å². The van der Waals surface area contributed by atoms with Gasteiger partial charge in [-0.15, -0.1) is 0 Å². The third kappa shape index (κ3) is 3.63. The Bertz CT molecular complexity index is 430. The molecule has 4 heteroatoms. The molecule has 0 aromatic heterocycles. The van der Waals surface area contributed by atoms with Crippen LogP contribution in [0.25, 0.3) is 0 Å². The van der Waals surface area contributed by atoms with Gasteiger partial charge in [-0.05, 0) is 44.2 Å². The van der Waals surface area contributed by atoms with Gasteiger partial charge in [-0.3, -0.25) is 4.90 Å². The third-order valence-electron chi connectivity index (χ3n) is 3.79. The summed E-state index contributed by atoms with van der Waals surface area (Å²) < 4.78 is 0. The molecule has 0 bridgehead atoms. The first-order valence-electron chi connectivity index (χ1n) is 6.94. The fourth-order valence-corrected chi connectivity index (χ4v) is 2.95. The van der Waals surface area contributed by atoms with Gasteiger partial charge >= 0.3 is 0 Å². The van der Waals surface area contributed by atoms with Gasteiger partial charge in [0.05, 0.1) is 10.0 Å². The fraction of sp³-hybridized carbons (Fsp3) is 0.600. The molecule has 19 heavy (non-hydrogen) atoms. The van der Waals surface area contributed by atoms with Crippen LogP contribution in [0.15, 0.2) is 18.2 Å². The van der Waals surface area contributed by atoms with Crippen LogP contribution < -0.4 is 5.73 Å². The van der Waals surface area contributed by atoms with Crippen molar-refractivity contribution in [2.24, 2.45) is 11.7 Å². The maximum absolute atomic E-state index is 6.35. The van der Waals surface area contributed by atoms with Gasteiger partial charge in [0.2, 0.25) is 0 Å². The van der Waals surface area contributed by atoms with Crippen LogP contribution in [0.2, 0.25) is 10.0 Å². The van der Waals surface area contributed by atoms with Crippen molar-refractivity contribution < 1.29 is 0 Å². The molecule has 1 aromatic rings. The van der Waals surface area contributed by atoms with Crippen LogP contribution in [0.4, 0.5) is 0 Å². The summed E-state index contributed by atoms with van der Waals surface area (Å²) in [4.78, 5) is 2.45. The molecule has 0 saturated heterocycles. The predicted octanol–water partition coefficient (Wildman–Crippen LogP) is 4.11. The lowest BCUT2D eigenvalue weighted by molar-refractivity contribution is 0.150. The van der Waals surface area contributed by atoms with E-state index in [-0.39, 0.29) is 6.04 Å². The van der Waals surface area contributed by atoms with Crippen LogP contribution in [0.1, 0.15) is 38.3 Å². The predicted molar refractivity (Wildman–Crippen MR) is 82.8 cm³/mol. The summed E-state index contributed by atoms with van der Waals surface area (Å²) in [5.41, 5.74) is 7.06. The van der Waals surface area contributed by atoms with Gasteiger partial charge in [0.1, 0.15) is 0 Å². The number of nitrogens with two attached hydrogens (primary N) is 1. The van der Waals surface area contributed by atoms with Crippen LogP contribution in [-0.2, 0) is 0 Å². The third-order valence-corrected chi connectivity index (χ3v) is 4.63. The number of halogens is 2. The summed E-state index contributed by atoms with van der Waals surface area (Å²) >= 11 is 12.5. The molecule has 0 heterocycles. The summed E-state index contributed by atoms with van der Waals surface area (Å²) in [7, 11) is 0. The van der Waals surface area contributed by atoms with E-state index in [9.17, 15) is 0 Å². The van der Waals surface area contributed by atoms with Gasteiger partial charge in [0, 0.05) is 25.2 Å². The quantitative estimate of drug-likeness (QED) is 0.856. The van der Waals surface area contributed by atoms with E-state index in [4.69, 9.17) is 28.9 Å². The molecule has 2 nitrogen and oxygen atoms in total. The van der Waals surface area contributed by atoms with Crippen molar-refractivity contribution in [3.63, 3.8) is 0 Å². The molecule has 1 aromatic carbocycles. The van der Waals surface area contributed by atoms with Crippen LogP contribution in [0.3, 0.4) is 0 Å². The number of rotatable bonds is 6. The highest BCUT2D eigenvalue weighted by atomic mass is 35.5. The van der Waals surface area contributed by atoms with Crippen molar-refractivity contribution in [1.82, 2.24) is 4.90 Å². The van der Waals surface area contributed by atoms with Gasteiger partial charge in [-0.2, -0.15) is 0 Å². The molecule has 2 N–H and O–H groups in total. The molecule has 1 unspecified atom stereocenters. The molecule has 0 radical (unpaired) electrons. The normalized spacial score (nSPS) is 17.2. The van der Waals surface area contributed by atoms with Crippen LogP contribution in [0, 0.1) is 5.92 Å². The van der Waals surface area contributed by atoms with E-state index in [1.165, 1.54) is 12.8 Å². The standard InChI is InChI=1S/C15H22Cl2N2/c1-10(2)19(9-11-6-7-11)14(8-18)12-4-3-5-13(16)15(12)17/h3-5,10-11,14H,6-9,18H2,1-2H3. The van der Waals surface area contributed by atoms with E-state index in [0.717, 1.165) is 18.0 Å². The minimum absolute atomic E-state index is 0.145. The van der Waals surface area contributed by atoms with E-state index in [2.05, 4.69) is 18.7 Å². The Balaban J connectivity index is 2.27. The van der Waals surface area contributed by atoms with Gasteiger partial charge < -0.3 is 5.73 Å². The monoisotopic (exact) mass is 300 g/mol. The first-order chi connectivity index (χ1) is 9.04. The molecule has 1 atom stereocenters. The molecule has 1 fully saturated rings. The van der Waals surface area contributed by atoms with Crippen molar-refractivity contribution in [2.45, 2.75) is 38.8 Å². The lowest BCUT2D eigenvalue weighted by atomic mass is 10.0. The number of benzene rings is 1. The van der Waals surface area contributed by atoms with E-state index >= 15 is 0 Å². The summed E-state index contributed by atoms with van der Waals surface area (Å²) in [6, 6.07) is 6.40. The molecule has 1 aliphatic rings. The highest BCUT2D eigenvalue weighted by molar-refractivity contribution is 6.42. The van der Waals surface area contributed by atoms with Crippen molar-refractivity contribution in [3.8, 4) is 0 Å². The second-order valence-corrected chi connectivity index (χ2v) is 6.41. The largest absolute Gasteiger partial charge is 0.329 e. The van der Waals surface area contributed by atoms with Crippen LogP contribution in [0.5, 0.6) is 0 Å². The van der Waals surface area contributed by atoms with Gasteiger partial charge in [0.25, 0.3) is 0 Å². The summed E-state index contributed by atoms with van der Waals surface area (Å²) in [6.45, 7) is 6.08. The molecule has 0 amide bonds. The van der Waals surface area contributed by atoms with Crippen molar-refractivity contribution in [3.05, 3.63) is 33.8 Å². The molecule has 1 aliphatic carbocycles. The van der Waals surface area contributed by atoms with Crippen molar-refractivity contribution >= 4 is 23.2 Å². The first kappa shape index (κ1) is 15.1. The van der Waals surface area contributed by atoms with E-state index in [1.54, 1.807) is 0 Å². The highest BCUT2D eigenvalue weighted by Gasteiger charge is 2.30. The zero-order valence-corrected chi connectivity index (χ0v) is 13.1. The summed E-state index contributed by atoms with van der Waals surface area (Å²) in [5.74, 6) is 0.828. The summed E-state index contributed by atoms with van der Waals surface area (Å²) in [6.07, 6.45) is 2.67. The number of hydrogen-bond acceptors (Lipinski definition) is 2. The Kier molecular flexibility index (Phi) is 5.13. The smallest absolute Gasteiger partial charge is 0.0640 e. The molecule has 2 rings (SSSR count). The second kappa shape index (κ2) is 6.45. The van der Waals surface area contributed by atoms with Crippen LogP contribution in [-0.4, -0.2) is 24.0 Å². The second-order valence-electron chi connectivity index (χ2n) is 5.63. The van der Waals surface area contributed by atoms with Crippen LogP contribution >= 0.6 is 23.2 Å². The first-order valence-corrected chi connectivity index (χ1v) is 7.70. The Labute approximate surface area is 125 Å². The number of hydrogen-bond donors (Lipinski definition) is 1. The zero-order valence-electron chi connectivity index (χ0n) is 11.6. The molecule has 0 aliphatic heterocycles. The molecular weight excluding hydrogens is 279 g/mol. The Hall–Kier alpha value is -0.280. The van der Waals surface area contributed by atoms with Gasteiger partial charge in [-0.25, -0.2) is 0 Å². The Morgan fingerprint density at radius 1 is 1.32 bits per heavy atom. The minimum atomic E-state index is 0.145. The van der Waals surface area contributed by atoms with E-state index < -0.39 is 0 Å². The fourth-order valence-electron chi connectivity index (χ4n) is 2.52. The SMILES string of the molecule is CC(C)N(CC1CC1)C(CN)c1cccc(Cl)c1Cl. The Morgan fingerprint density at radius 2 is 2.00 bits per heavy atom. The minimum Gasteiger partial charge on any atom is -0.329 e. The highest BCUT2D eigenvalue weighted by Crippen LogP contribution is 2.37. The maximum atomic E-state index is 6.35. The van der Waals surface area contributed by atoms with Crippen molar-refractivity contribution in [1.29, 1.82) is 0 Å². The van der Waals surface area contributed by atoms with E-state index in [0.29, 0.717) is 22.6 Å². The average Bonchev–Trinajstić information content (AvgIpc) is 3.17. The number of nitrogens with zero attached hydrogens (tertiary/aromatic N) is 1. The molecule has 0 spiro atoms.